The molecule has 1 saturated heterocycles. The highest BCUT2D eigenvalue weighted by molar-refractivity contribution is 7.15. The molecule has 36 heavy (non-hydrogen) atoms. The van der Waals surface area contributed by atoms with Crippen molar-refractivity contribution in [3.63, 3.8) is 0 Å². The van der Waals surface area contributed by atoms with Crippen LogP contribution >= 0.6 is 11.3 Å². The number of anilines is 1. The van der Waals surface area contributed by atoms with E-state index in [0.717, 1.165) is 23.3 Å². The molecule has 1 aliphatic heterocycles. The number of ether oxygens (including phenoxy) is 2. The summed E-state index contributed by atoms with van der Waals surface area (Å²) in [7, 11) is 0. The predicted octanol–water partition coefficient (Wildman–Crippen LogP) is 5.28. The number of nitrogens with zero attached hydrogens (tertiary/aromatic N) is 1. The Balaban J connectivity index is 1.59. The molecular weight excluding hydrogens is 478 g/mol. The number of carboxylic acids is 1. The molecule has 198 valence electrons. The van der Waals surface area contributed by atoms with E-state index in [1.54, 1.807) is 4.90 Å². The first-order chi connectivity index (χ1) is 17.1. The van der Waals surface area contributed by atoms with Crippen LogP contribution < -0.4 is 4.90 Å². The van der Waals surface area contributed by atoms with Gasteiger partial charge in [-0.1, -0.05) is 25.2 Å². The van der Waals surface area contributed by atoms with Gasteiger partial charge in [0, 0.05) is 23.4 Å². The summed E-state index contributed by atoms with van der Waals surface area (Å²) >= 11 is 1.17. The topological polar surface area (TPSA) is 96.3 Å². The highest BCUT2D eigenvalue weighted by atomic mass is 32.1. The number of thiophene rings is 1. The maximum absolute atomic E-state index is 14.1. The van der Waals surface area contributed by atoms with E-state index in [4.69, 9.17) is 9.47 Å². The SMILES string of the molecule is C=C(C)c1cc(N(C(=O)[C@H]2CC=C(C)C[C@@H]2C)[C@H]2CC[C@](O)(CO[C@@H]3CCOC3)CC2)c(C(=O)O)s1. The zero-order valence-electron chi connectivity index (χ0n) is 21.6. The summed E-state index contributed by atoms with van der Waals surface area (Å²) in [6, 6.07) is 1.63. The Kier molecular flexibility index (Phi) is 8.39. The summed E-state index contributed by atoms with van der Waals surface area (Å²) < 4.78 is 11.3. The van der Waals surface area contributed by atoms with Crippen LogP contribution in [0.15, 0.2) is 24.3 Å². The van der Waals surface area contributed by atoms with E-state index in [2.05, 4.69) is 26.5 Å². The van der Waals surface area contributed by atoms with E-state index >= 15 is 0 Å². The fourth-order valence-electron chi connectivity index (χ4n) is 5.70. The van der Waals surface area contributed by atoms with Gasteiger partial charge >= 0.3 is 5.97 Å². The number of carbonyl (C=O) groups excluding carboxylic acids is 1. The van der Waals surface area contributed by atoms with Gasteiger partial charge in [0.15, 0.2) is 0 Å². The van der Waals surface area contributed by atoms with Crippen LogP contribution in [0.3, 0.4) is 0 Å². The average Bonchev–Trinajstić information content (AvgIpc) is 3.50. The average molecular weight is 518 g/mol. The minimum Gasteiger partial charge on any atom is -0.477 e. The van der Waals surface area contributed by atoms with Gasteiger partial charge in [-0.05, 0) is 76.4 Å². The van der Waals surface area contributed by atoms with Crippen LogP contribution in [0.5, 0.6) is 0 Å². The molecule has 8 heteroatoms. The molecule has 3 aliphatic rings. The van der Waals surface area contributed by atoms with Crippen LogP contribution in [0.25, 0.3) is 5.57 Å². The van der Waals surface area contributed by atoms with Crippen molar-refractivity contribution in [3.8, 4) is 0 Å². The van der Waals surface area contributed by atoms with Crippen LogP contribution in [0.4, 0.5) is 5.69 Å². The van der Waals surface area contributed by atoms with Gasteiger partial charge in [0.1, 0.15) is 4.88 Å². The number of hydrogen-bond donors (Lipinski definition) is 2. The van der Waals surface area contributed by atoms with E-state index < -0.39 is 11.6 Å². The number of hydrogen-bond acceptors (Lipinski definition) is 6. The number of rotatable bonds is 8. The molecule has 4 rings (SSSR count). The van der Waals surface area contributed by atoms with Crippen LogP contribution in [-0.2, 0) is 14.3 Å². The van der Waals surface area contributed by atoms with Crippen molar-refractivity contribution in [3.05, 3.63) is 34.0 Å². The van der Waals surface area contributed by atoms with E-state index in [9.17, 15) is 19.8 Å². The molecule has 2 fully saturated rings. The van der Waals surface area contributed by atoms with Crippen molar-refractivity contribution in [2.75, 3.05) is 24.7 Å². The molecule has 1 aromatic rings. The lowest BCUT2D eigenvalue weighted by molar-refractivity contribution is -0.125. The summed E-state index contributed by atoms with van der Waals surface area (Å²) in [5.74, 6) is -1.07. The van der Waals surface area contributed by atoms with Gasteiger partial charge in [0.2, 0.25) is 5.91 Å². The Bertz CT molecular complexity index is 1020. The maximum Gasteiger partial charge on any atom is 0.348 e. The van der Waals surface area contributed by atoms with Crippen molar-refractivity contribution >= 4 is 34.5 Å². The van der Waals surface area contributed by atoms with E-state index in [0.29, 0.717) is 51.0 Å². The lowest BCUT2D eigenvalue weighted by Gasteiger charge is -2.42. The first-order valence-corrected chi connectivity index (χ1v) is 13.8. The van der Waals surface area contributed by atoms with Crippen LogP contribution in [-0.4, -0.2) is 59.7 Å². The summed E-state index contributed by atoms with van der Waals surface area (Å²) in [6.45, 7) is 11.5. The molecule has 2 aliphatic carbocycles. The molecule has 2 N–H and O–H groups in total. The predicted molar refractivity (Wildman–Crippen MR) is 141 cm³/mol. The molecule has 1 saturated carbocycles. The highest BCUT2D eigenvalue weighted by Gasteiger charge is 2.42. The Morgan fingerprint density at radius 1 is 1.31 bits per heavy atom. The van der Waals surface area contributed by atoms with Crippen molar-refractivity contribution in [1.82, 2.24) is 0 Å². The number of allylic oxidation sites excluding steroid dienone is 3. The second kappa shape index (κ2) is 11.2. The summed E-state index contributed by atoms with van der Waals surface area (Å²) in [5.41, 5.74) is 1.58. The third kappa shape index (κ3) is 5.93. The zero-order valence-corrected chi connectivity index (χ0v) is 22.4. The molecule has 1 aromatic heterocycles. The number of aliphatic hydroxyl groups is 1. The summed E-state index contributed by atoms with van der Waals surface area (Å²) in [6.07, 6.45) is 6.69. The quantitative estimate of drug-likeness (QED) is 0.455. The van der Waals surface area contributed by atoms with E-state index in [-0.39, 0.29) is 41.4 Å². The lowest BCUT2D eigenvalue weighted by Crippen LogP contribution is -2.51. The molecule has 3 atom stereocenters. The summed E-state index contributed by atoms with van der Waals surface area (Å²) in [4.78, 5) is 29.0. The van der Waals surface area contributed by atoms with Crippen LogP contribution in [0, 0.1) is 11.8 Å². The highest BCUT2D eigenvalue weighted by Crippen LogP contribution is 2.42. The van der Waals surface area contributed by atoms with Crippen molar-refractivity contribution in [1.29, 1.82) is 0 Å². The molecule has 0 aromatic carbocycles. The number of carboxylic acid groups (broad SMARTS) is 1. The van der Waals surface area contributed by atoms with Gasteiger partial charge in [-0.25, -0.2) is 4.79 Å². The third-order valence-electron chi connectivity index (χ3n) is 7.92. The van der Waals surface area contributed by atoms with Crippen molar-refractivity contribution in [2.24, 2.45) is 11.8 Å². The molecule has 2 heterocycles. The largest absolute Gasteiger partial charge is 0.477 e. The standard InChI is InChI=1S/C28H39NO6S/c1-17(2)24-14-23(25(36-24)27(31)32)29(26(30)22-6-5-18(3)13-19(22)4)20-7-10-28(33,11-8-20)16-35-21-9-12-34-15-21/h5,14,19-22,33H,1,6-13,15-16H2,2-4H3,(H,31,32)/t19-,20-,21+,22-,28+/m0/s1. The fraction of sp³-hybridized carbons (Fsp3) is 0.643. The van der Waals surface area contributed by atoms with Gasteiger partial charge in [-0.15, -0.1) is 11.3 Å². The molecule has 0 radical (unpaired) electrons. The number of amides is 1. The van der Waals surface area contributed by atoms with Gasteiger partial charge in [-0.2, -0.15) is 0 Å². The smallest absolute Gasteiger partial charge is 0.348 e. The minimum atomic E-state index is -1.03. The first kappa shape index (κ1) is 27.0. The number of aromatic carboxylic acids is 1. The lowest BCUT2D eigenvalue weighted by atomic mass is 9.78. The number of carbonyl (C=O) groups is 2. The monoisotopic (exact) mass is 517 g/mol. The molecule has 1 amide bonds. The Labute approximate surface area is 217 Å². The Morgan fingerprint density at radius 2 is 2.03 bits per heavy atom. The van der Waals surface area contributed by atoms with Crippen molar-refractivity contribution in [2.45, 2.75) is 83.5 Å². The first-order valence-electron chi connectivity index (χ1n) is 13.0. The van der Waals surface area contributed by atoms with Gasteiger partial charge < -0.3 is 24.6 Å². The Morgan fingerprint density at radius 3 is 2.61 bits per heavy atom. The van der Waals surface area contributed by atoms with E-state index in [1.807, 2.05) is 13.0 Å². The molecule has 0 unspecified atom stereocenters. The second-order valence-corrected chi connectivity index (χ2v) is 12.0. The molecule has 0 bridgehead atoms. The third-order valence-corrected chi connectivity index (χ3v) is 9.19. The van der Waals surface area contributed by atoms with E-state index in [1.165, 1.54) is 16.9 Å². The summed E-state index contributed by atoms with van der Waals surface area (Å²) in [5, 5.41) is 21.2. The van der Waals surface area contributed by atoms with Gasteiger partial charge in [0.05, 0.1) is 30.6 Å². The van der Waals surface area contributed by atoms with Gasteiger partial charge in [0.25, 0.3) is 0 Å². The zero-order chi connectivity index (χ0) is 26.0. The Hall–Kier alpha value is -2.00. The fourth-order valence-corrected chi connectivity index (χ4v) is 6.61. The maximum atomic E-state index is 14.1. The second-order valence-electron chi connectivity index (χ2n) is 10.9. The molecule has 0 spiro atoms. The van der Waals surface area contributed by atoms with Crippen LogP contribution in [0.1, 0.15) is 80.3 Å². The van der Waals surface area contributed by atoms with Crippen LogP contribution in [0.2, 0.25) is 0 Å². The molecular formula is C28H39NO6S. The minimum absolute atomic E-state index is 0.0189. The van der Waals surface area contributed by atoms with Gasteiger partial charge in [-0.3, -0.25) is 4.79 Å². The molecule has 7 nitrogen and oxygen atoms in total. The normalized spacial score (nSPS) is 30.6. The van der Waals surface area contributed by atoms with Crippen molar-refractivity contribution < 1.29 is 29.3 Å².